The minimum Gasteiger partial charge on any atom is -0.352 e. The molecule has 0 aromatic carbocycles. The first-order chi connectivity index (χ1) is 8.78. The fraction of sp³-hybridized carbons (Fsp3) is 0.923. The predicted octanol–water partition coefficient (Wildman–Crippen LogP) is 1.53. The van der Waals surface area contributed by atoms with E-state index in [4.69, 9.17) is 0 Å². The van der Waals surface area contributed by atoms with Crippen molar-refractivity contribution in [2.24, 2.45) is 0 Å². The van der Waals surface area contributed by atoms with E-state index in [1.54, 1.807) is 0 Å². The SMILES string of the molecule is CCN1CCCC(NC(=O)CC2CSCCN2)C1.Cl.Cl. The third-order valence-corrected chi connectivity index (χ3v) is 4.88. The molecule has 0 spiro atoms. The first-order valence-electron chi connectivity index (χ1n) is 7.10. The number of halogens is 2. The average Bonchev–Trinajstić information content (AvgIpc) is 2.40. The number of likely N-dealkylation sites (tertiary alicyclic amines) is 1. The molecule has 2 fully saturated rings. The van der Waals surface area contributed by atoms with E-state index in [1.165, 1.54) is 18.7 Å². The molecule has 0 saturated carbocycles. The summed E-state index contributed by atoms with van der Waals surface area (Å²) in [6, 6.07) is 0.733. The summed E-state index contributed by atoms with van der Waals surface area (Å²) in [5.41, 5.74) is 0. The third-order valence-electron chi connectivity index (χ3n) is 3.75. The molecule has 0 aromatic rings. The Bertz CT molecular complexity index is 278. The van der Waals surface area contributed by atoms with Gasteiger partial charge in [-0.1, -0.05) is 6.92 Å². The van der Waals surface area contributed by atoms with Gasteiger partial charge in [0.15, 0.2) is 0 Å². The van der Waals surface area contributed by atoms with Gasteiger partial charge in [0, 0.05) is 43.1 Å². The van der Waals surface area contributed by atoms with Gasteiger partial charge < -0.3 is 15.5 Å². The summed E-state index contributed by atoms with van der Waals surface area (Å²) in [5.74, 6) is 2.46. The number of carbonyl (C=O) groups excluding carboxylic acids is 1. The Labute approximate surface area is 139 Å². The minimum atomic E-state index is 0. The lowest BCUT2D eigenvalue weighted by Crippen LogP contribution is -2.49. The van der Waals surface area contributed by atoms with Crippen molar-refractivity contribution in [3.8, 4) is 0 Å². The molecular formula is C13H27Cl2N3OS. The van der Waals surface area contributed by atoms with Gasteiger partial charge in [-0.15, -0.1) is 24.8 Å². The van der Waals surface area contributed by atoms with Crippen LogP contribution in [-0.2, 0) is 4.79 Å². The molecule has 2 heterocycles. The van der Waals surface area contributed by atoms with Crippen molar-refractivity contribution in [3.05, 3.63) is 0 Å². The topological polar surface area (TPSA) is 44.4 Å². The zero-order valence-corrected chi connectivity index (χ0v) is 14.5. The fourth-order valence-corrected chi connectivity index (χ4v) is 3.67. The highest BCUT2D eigenvalue weighted by Gasteiger charge is 2.22. The molecule has 2 saturated heterocycles. The summed E-state index contributed by atoms with van der Waals surface area (Å²) in [6.45, 7) is 6.52. The van der Waals surface area contributed by atoms with Gasteiger partial charge in [-0.25, -0.2) is 0 Å². The lowest BCUT2D eigenvalue weighted by molar-refractivity contribution is -0.122. The van der Waals surface area contributed by atoms with E-state index in [2.05, 4.69) is 22.5 Å². The molecule has 0 radical (unpaired) electrons. The molecule has 7 heteroatoms. The maximum Gasteiger partial charge on any atom is 0.221 e. The number of hydrogen-bond donors (Lipinski definition) is 2. The van der Waals surface area contributed by atoms with E-state index in [9.17, 15) is 4.79 Å². The highest BCUT2D eigenvalue weighted by molar-refractivity contribution is 7.99. The fourth-order valence-electron chi connectivity index (χ4n) is 2.72. The molecule has 2 aliphatic rings. The van der Waals surface area contributed by atoms with Crippen molar-refractivity contribution >= 4 is 42.5 Å². The monoisotopic (exact) mass is 343 g/mol. The maximum absolute atomic E-state index is 12.0. The Kier molecular flexibility index (Phi) is 11.1. The third kappa shape index (κ3) is 6.85. The van der Waals surface area contributed by atoms with Crippen LogP contribution in [0.15, 0.2) is 0 Å². The molecular weight excluding hydrogens is 317 g/mol. The number of nitrogens with zero attached hydrogens (tertiary/aromatic N) is 1. The molecule has 120 valence electrons. The Morgan fingerprint density at radius 3 is 2.90 bits per heavy atom. The van der Waals surface area contributed by atoms with Gasteiger partial charge in [-0.05, 0) is 25.9 Å². The van der Waals surface area contributed by atoms with E-state index >= 15 is 0 Å². The summed E-state index contributed by atoms with van der Waals surface area (Å²) in [7, 11) is 0. The molecule has 0 aromatic heterocycles. The summed E-state index contributed by atoms with van der Waals surface area (Å²) in [5, 5.41) is 6.62. The van der Waals surface area contributed by atoms with Crippen LogP contribution in [0.3, 0.4) is 0 Å². The summed E-state index contributed by atoms with van der Waals surface area (Å²) in [6.07, 6.45) is 2.97. The number of likely N-dealkylation sites (N-methyl/N-ethyl adjacent to an activating group) is 1. The number of rotatable bonds is 4. The van der Waals surface area contributed by atoms with Crippen LogP contribution in [0.5, 0.6) is 0 Å². The van der Waals surface area contributed by atoms with Crippen LogP contribution in [0.4, 0.5) is 0 Å². The normalized spacial score (nSPS) is 27.1. The number of piperidine rings is 1. The standard InChI is InChI=1S/C13H25N3OS.2ClH/c1-2-16-6-3-4-11(9-16)15-13(17)8-12-10-18-7-5-14-12;;/h11-12,14H,2-10H2,1H3,(H,15,17);2*1H. The van der Waals surface area contributed by atoms with Crippen molar-refractivity contribution in [3.63, 3.8) is 0 Å². The van der Waals surface area contributed by atoms with Gasteiger partial charge in [0.1, 0.15) is 0 Å². The van der Waals surface area contributed by atoms with Crippen LogP contribution in [0.25, 0.3) is 0 Å². The Hall–Kier alpha value is 0.320. The molecule has 1 amide bonds. The van der Waals surface area contributed by atoms with E-state index in [0.29, 0.717) is 18.5 Å². The molecule has 2 rings (SSSR count). The molecule has 4 nitrogen and oxygen atoms in total. The van der Waals surface area contributed by atoms with Crippen LogP contribution in [0.2, 0.25) is 0 Å². The maximum atomic E-state index is 12.0. The van der Waals surface area contributed by atoms with Crippen molar-refractivity contribution < 1.29 is 4.79 Å². The van der Waals surface area contributed by atoms with Gasteiger partial charge in [-0.2, -0.15) is 11.8 Å². The highest BCUT2D eigenvalue weighted by atomic mass is 35.5. The summed E-state index contributed by atoms with van der Waals surface area (Å²) >= 11 is 1.94. The van der Waals surface area contributed by atoms with Crippen molar-refractivity contribution in [1.82, 2.24) is 15.5 Å². The highest BCUT2D eigenvalue weighted by Crippen LogP contribution is 2.12. The molecule has 2 N–H and O–H groups in total. The predicted molar refractivity (Wildman–Crippen MR) is 91.5 cm³/mol. The summed E-state index contributed by atoms with van der Waals surface area (Å²) < 4.78 is 0. The van der Waals surface area contributed by atoms with Crippen LogP contribution in [-0.4, -0.2) is 60.6 Å². The Morgan fingerprint density at radius 1 is 1.45 bits per heavy atom. The second-order valence-corrected chi connectivity index (χ2v) is 6.38. The van der Waals surface area contributed by atoms with Crippen molar-refractivity contribution in [1.29, 1.82) is 0 Å². The van der Waals surface area contributed by atoms with Crippen molar-refractivity contribution in [2.75, 3.05) is 37.7 Å². The first kappa shape index (κ1) is 20.3. The van der Waals surface area contributed by atoms with Gasteiger partial charge >= 0.3 is 0 Å². The second-order valence-electron chi connectivity index (χ2n) is 5.23. The quantitative estimate of drug-likeness (QED) is 0.812. The smallest absolute Gasteiger partial charge is 0.221 e. The second kappa shape index (κ2) is 11.0. The van der Waals surface area contributed by atoms with Crippen LogP contribution >= 0.6 is 36.6 Å². The number of thioether (sulfide) groups is 1. The van der Waals surface area contributed by atoms with E-state index < -0.39 is 0 Å². The summed E-state index contributed by atoms with van der Waals surface area (Å²) in [4.78, 5) is 14.4. The molecule has 2 aliphatic heterocycles. The van der Waals surface area contributed by atoms with Gasteiger partial charge in [0.25, 0.3) is 0 Å². The van der Waals surface area contributed by atoms with Gasteiger partial charge in [0.2, 0.25) is 5.91 Å². The number of amides is 1. The molecule has 2 unspecified atom stereocenters. The lowest BCUT2D eigenvalue weighted by atomic mass is 10.1. The Morgan fingerprint density at radius 2 is 2.25 bits per heavy atom. The van der Waals surface area contributed by atoms with E-state index in [-0.39, 0.29) is 30.7 Å². The average molecular weight is 344 g/mol. The Balaban J connectivity index is 0.00000180. The number of hydrogen-bond acceptors (Lipinski definition) is 4. The lowest BCUT2D eigenvalue weighted by Gasteiger charge is -2.32. The van der Waals surface area contributed by atoms with Crippen LogP contribution in [0.1, 0.15) is 26.2 Å². The van der Waals surface area contributed by atoms with Crippen LogP contribution < -0.4 is 10.6 Å². The zero-order valence-electron chi connectivity index (χ0n) is 12.1. The largest absolute Gasteiger partial charge is 0.352 e. The zero-order chi connectivity index (χ0) is 12.8. The van der Waals surface area contributed by atoms with Crippen LogP contribution in [0, 0.1) is 0 Å². The first-order valence-corrected chi connectivity index (χ1v) is 8.26. The van der Waals surface area contributed by atoms with Gasteiger partial charge in [0.05, 0.1) is 0 Å². The van der Waals surface area contributed by atoms with Gasteiger partial charge in [-0.3, -0.25) is 4.79 Å². The van der Waals surface area contributed by atoms with E-state index in [1.807, 2.05) is 11.8 Å². The van der Waals surface area contributed by atoms with E-state index in [0.717, 1.165) is 31.8 Å². The molecule has 0 aliphatic carbocycles. The molecule has 0 bridgehead atoms. The minimum absolute atomic E-state index is 0. The number of carbonyl (C=O) groups is 1. The molecule has 2 atom stereocenters. The van der Waals surface area contributed by atoms with Crippen molar-refractivity contribution in [2.45, 2.75) is 38.3 Å². The number of nitrogens with one attached hydrogen (secondary N) is 2. The molecule has 20 heavy (non-hydrogen) atoms.